The average molecular weight is 919 g/mol. The second-order valence-electron chi connectivity index (χ2n) is 20.3. The van der Waals surface area contributed by atoms with Crippen LogP contribution in [0.2, 0.25) is 0 Å². The summed E-state index contributed by atoms with van der Waals surface area (Å²) < 4.78 is 5.45. The summed E-state index contributed by atoms with van der Waals surface area (Å²) in [6.45, 7) is 4.93. The van der Waals surface area contributed by atoms with Crippen LogP contribution in [0.1, 0.15) is 328 Å². The fourth-order valence-electron chi connectivity index (χ4n) is 9.28. The number of aliphatic hydroxyl groups excluding tert-OH is 2. The number of hydrogen-bond acceptors (Lipinski definition) is 5. The molecular formula is C59H115NO5. The van der Waals surface area contributed by atoms with Crippen LogP contribution in [-0.2, 0) is 14.3 Å². The van der Waals surface area contributed by atoms with Gasteiger partial charge in [-0.2, -0.15) is 0 Å². The fraction of sp³-hybridized carbons (Fsp3) is 0.932. The number of rotatable bonds is 55. The van der Waals surface area contributed by atoms with Gasteiger partial charge in [-0.3, -0.25) is 9.59 Å². The van der Waals surface area contributed by atoms with Crippen molar-refractivity contribution in [3.8, 4) is 0 Å². The maximum absolute atomic E-state index is 12.5. The van der Waals surface area contributed by atoms with Crippen molar-refractivity contribution < 1.29 is 24.5 Å². The van der Waals surface area contributed by atoms with Crippen molar-refractivity contribution >= 4 is 11.9 Å². The molecule has 0 aliphatic heterocycles. The van der Waals surface area contributed by atoms with Gasteiger partial charge in [0, 0.05) is 12.8 Å². The van der Waals surface area contributed by atoms with Gasteiger partial charge in [-0.1, -0.05) is 276 Å². The Hall–Kier alpha value is -1.40. The minimum Gasteiger partial charge on any atom is -0.466 e. The molecule has 0 fully saturated rings. The van der Waals surface area contributed by atoms with Crippen LogP contribution >= 0.6 is 0 Å². The average Bonchev–Trinajstić information content (AvgIpc) is 3.31. The van der Waals surface area contributed by atoms with Gasteiger partial charge < -0.3 is 20.3 Å². The molecule has 386 valence electrons. The van der Waals surface area contributed by atoms with Crippen LogP contribution in [-0.4, -0.2) is 47.4 Å². The highest BCUT2D eigenvalue weighted by atomic mass is 16.5. The topological polar surface area (TPSA) is 95.9 Å². The highest BCUT2D eigenvalue weighted by Crippen LogP contribution is 2.18. The lowest BCUT2D eigenvalue weighted by molar-refractivity contribution is -0.143. The Morgan fingerprint density at radius 3 is 1.12 bits per heavy atom. The van der Waals surface area contributed by atoms with Crippen LogP contribution in [0.15, 0.2) is 12.2 Å². The van der Waals surface area contributed by atoms with Crippen LogP contribution in [0.5, 0.6) is 0 Å². The van der Waals surface area contributed by atoms with Crippen molar-refractivity contribution in [1.29, 1.82) is 0 Å². The van der Waals surface area contributed by atoms with E-state index < -0.39 is 12.1 Å². The Morgan fingerprint density at radius 1 is 0.415 bits per heavy atom. The molecule has 6 heteroatoms. The Balaban J connectivity index is 3.44. The first-order valence-electron chi connectivity index (χ1n) is 29.4. The third kappa shape index (κ3) is 51.8. The van der Waals surface area contributed by atoms with Gasteiger partial charge >= 0.3 is 5.97 Å². The molecule has 3 N–H and O–H groups in total. The number of esters is 1. The molecule has 6 nitrogen and oxygen atoms in total. The monoisotopic (exact) mass is 918 g/mol. The molecule has 0 spiro atoms. The smallest absolute Gasteiger partial charge is 0.305 e. The van der Waals surface area contributed by atoms with Gasteiger partial charge in [0.2, 0.25) is 5.91 Å². The third-order valence-corrected chi connectivity index (χ3v) is 13.8. The van der Waals surface area contributed by atoms with Crippen LogP contribution < -0.4 is 5.32 Å². The summed E-state index contributed by atoms with van der Waals surface area (Å²) >= 11 is 0. The van der Waals surface area contributed by atoms with Gasteiger partial charge in [-0.15, -0.1) is 0 Å². The summed E-state index contributed by atoms with van der Waals surface area (Å²) in [4.78, 5) is 24.5. The molecular weight excluding hydrogens is 803 g/mol. The van der Waals surface area contributed by atoms with Crippen molar-refractivity contribution in [2.24, 2.45) is 0 Å². The fourth-order valence-corrected chi connectivity index (χ4v) is 9.28. The molecule has 65 heavy (non-hydrogen) atoms. The molecule has 2 atom stereocenters. The van der Waals surface area contributed by atoms with Gasteiger partial charge in [0.15, 0.2) is 0 Å². The van der Waals surface area contributed by atoms with E-state index in [1.54, 1.807) is 0 Å². The van der Waals surface area contributed by atoms with Gasteiger partial charge in [0.25, 0.3) is 0 Å². The minimum atomic E-state index is -0.672. The van der Waals surface area contributed by atoms with Crippen molar-refractivity contribution in [2.45, 2.75) is 341 Å². The molecule has 0 saturated heterocycles. The van der Waals surface area contributed by atoms with Crippen LogP contribution in [0.3, 0.4) is 0 Å². The van der Waals surface area contributed by atoms with Crippen molar-refractivity contribution in [3.05, 3.63) is 12.2 Å². The molecule has 2 unspecified atom stereocenters. The summed E-state index contributed by atoms with van der Waals surface area (Å²) in [7, 11) is 0. The molecule has 0 radical (unpaired) electrons. The molecule has 0 saturated carbocycles. The first-order valence-corrected chi connectivity index (χ1v) is 29.4. The van der Waals surface area contributed by atoms with E-state index >= 15 is 0 Å². The zero-order chi connectivity index (χ0) is 47.2. The van der Waals surface area contributed by atoms with Crippen LogP contribution in [0.25, 0.3) is 0 Å². The van der Waals surface area contributed by atoms with Gasteiger partial charge in [-0.05, 0) is 51.4 Å². The van der Waals surface area contributed by atoms with Crippen LogP contribution in [0.4, 0.5) is 0 Å². The Bertz CT molecular complexity index is 970. The lowest BCUT2D eigenvalue weighted by Gasteiger charge is -2.22. The zero-order valence-electron chi connectivity index (χ0n) is 44.0. The standard InChI is InChI=1S/C59H115NO5/c1-3-5-7-9-11-13-15-17-18-19-20-21-22-23-24-25-28-31-35-39-43-47-51-57(62)56(55-61)60-58(63)52-48-44-40-36-32-29-26-27-30-34-38-42-46-50-54-65-59(64)53-49-45-41-37-33-16-14-12-10-8-6-4-2/h12,14,56-57,61-62H,3-11,13,15-55H2,1-2H3,(H,60,63)/b14-12-. The Kier molecular flexibility index (Phi) is 54.0. The number of allylic oxidation sites excluding steroid dienone is 2. The SMILES string of the molecule is CCCCC/C=C\CCCCCCCC(=O)OCCCCCCCCCCCCCCCCC(=O)NC(CO)C(O)CCCCCCCCCCCCCCCCCCCCCCCC. The largest absolute Gasteiger partial charge is 0.466 e. The number of amides is 1. The first-order chi connectivity index (χ1) is 32.0. The van der Waals surface area contributed by atoms with Crippen molar-refractivity contribution in [3.63, 3.8) is 0 Å². The second-order valence-corrected chi connectivity index (χ2v) is 20.3. The first kappa shape index (κ1) is 63.6. The number of hydrogen-bond donors (Lipinski definition) is 3. The van der Waals surface area contributed by atoms with Gasteiger partial charge in [0.1, 0.15) is 0 Å². The quantitative estimate of drug-likeness (QED) is 0.0321. The molecule has 0 aromatic carbocycles. The Morgan fingerprint density at radius 2 is 0.723 bits per heavy atom. The van der Waals surface area contributed by atoms with E-state index in [-0.39, 0.29) is 18.5 Å². The maximum Gasteiger partial charge on any atom is 0.305 e. The molecule has 0 aliphatic carbocycles. The number of carbonyl (C=O) groups is 2. The van der Waals surface area contributed by atoms with E-state index in [0.29, 0.717) is 25.9 Å². The molecule has 0 rings (SSSR count). The lowest BCUT2D eigenvalue weighted by atomic mass is 10.0. The van der Waals surface area contributed by atoms with E-state index in [0.717, 1.165) is 51.4 Å². The normalized spacial score (nSPS) is 12.6. The second kappa shape index (κ2) is 55.2. The lowest BCUT2D eigenvalue weighted by Crippen LogP contribution is -2.45. The minimum absolute atomic E-state index is 0.0113. The summed E-state index contributed by atoms with van der Waals surface area (Å²) in [6.07, 6.45) is 64.9. The maximum atomic E-state index is 12.5. The summed E-state index contributed by atoms with van der Waals surface area (Å²) in [5.74, 6) is -0.0535. The van der Waals surface area contributed by atoms with Crippen LogP contribution in [0, 0.1) is 0 Å². The summed E-state index contributed by atoms with van der Waals surface area (Å²) in [5.41, 5.74) is 0. The zero-order valence-corrected chi connectivity index (χ0v) is 44.0. The number of nitrogens with one attached hydrogen (secondary N) is 1. The molecule has 1 amide bonds. The van der Waals surface area contributed by atoms with Gasteiger partial charge in [0.05, 0.1) is 25.4 Å². The summed E-state index contributed by atoms with van der Waals surface area (Å²) in [6, 6.07) is -0.550. The summed E-state index contributed by atoms with van der Waals surface area (Å²) in [5, 5.41) is 23.3. The molecule has 0 heterocycles. The van der Waals surface area contributed by atoms with Gasteiger partial charge in [-0.25, -0.2) is 0 Å². The van der Waals surface area contributed by atoms with E-state index in [9.17, 15) is 19.8 Å². The Labute approximate surface area is 406 Å². The number of ether oxygens (including phenoxy) is 1. The predicted octanol–water partition coefficient (Wildman–Crippen LogP) is 18.1. The van der Waals surface area contributed by atoms with E-state index in [4.69, 9.17) is 4.74 Å². The predicted molar refractivity (Wildman–Crippen MR) is 283 cm³/mol. The van der Waals surface area contributed by atoms with E-state index in [1.165, 1.54) is 244 Å². The molecule has 0 aromatic heterocycles. The molecule has 0 aliphatic rings. The highest BCUT2D eigenvalue weighted by molar-refractivity contribution is 5.76. The van der Waals surface area contributed by atoms with E-state index in [1.807, 2.05) is 0 Å². The third-order valence-electron chi connectivity index (χ3n) is 13.8. The van der Waals surface area contributed by atoms with Crippen molar-refractivity contribution in [1.82, 2.24) is 5.32 Å². The molecule has 0 bridgehead atoms. The van der Waals surface area contributed by atoms with Crippen molar-refractivity contribution in [2.75, 3.05) is 13.2 Å². The number of carbonyl (C=O) groups excluding carboxylic acids is 2. The molecule has 0 aromatic rings. The van der Waals surface area contributed by atoms with E-state index in [2.05, 4.69) is 31.3 Å². The number of unbranched alkanes of at least 4 members (excludes halogenated alkanes) is 42. The highest BCUT2D eigenvalue weighted by Gasteiger charge is 2.20. The number of aliphatic hydroxyl groups is 2.